The first kappa shape index (κ1) is 15.4. The minimum atomic E-state index is 0.767. The Bertz CT molecular complexity index is 802. The van der Waals surface area contributed by atoms with Gasteiger partial charge in [-0.3, -0.25) is 0 Å². The summed E-state index contributed by atoms with van der Waals surface area (Å²) in [5.41, 5.74) is 3.05. The molecule has 0 bridgehead atoms. The van der Waals surface area contributed by atoms with Crippen molar-refractivity contribution in [3.8, 4) is 17.1 Å². The van der Waals surface area contributed by atoms with Crippen molar-refractivity contribution in [3.63, 3.8) is 0 Å². The molecule has 0 aliphatic carbocycles. The zero-order valence-electron chi connectivity index (χ0n) is 14.2. The molecule has 1 aromatic carbocycles. The molecule has 0 saturated carbocycles. The molecule has 3 aromatic rings. The highest BCUT2D eigenvalue weighted by atomic mass is 16.5. The first-order valence-corrected chi connectivity index (χ1v) is 7.99. The molecule has 4 nitrogen and oxygen atoms in total. The minimum Gasteiger partial charge on any atom is -0.493 e. The van der Waals surface area contributed by atoms with Gasteiger partial charge in [-0.2, -0.15) is 0 Å². The number of anilines is 1. The molecule has 0 fully saturated rings. The molecule has 0 aliphatic heterocycles. The van der Waals surface area contributed by atoms with Gasteiger partial charge >= 0.3 is 0 Å². The van der Waals surface area contributed by atoms with Gasteiger partial charge < -0.3 is 14.1 Å². The predicted molar refractivity (Wildman–Crippen MR) is 92.9 cm³/mol. The molecule has 2 aromatic heterocycles. The number of benzene rings is 1. The zero-order valence-corrected chi connectivity index (χ0v) is 14.2. The van der Waals surface area contributed by atoms with Crippen LogP contribution in [0.5, 0.6) is 5.75 Å². The number of nitrogens with zero attached hydrogens (tertiary/aromatic N) is 2. The number of aryl methyl sites for hydroxylation is 1. The van der Waals surface area contributed by atoms with E-state index in [4.69, 9.17) is 9.15 Å². The second-order valence-electron chi connectivity index (χ2n) is 5.56. The highest BCUT2D eigenvalue weighted by molar-refractivity contribution is 5.97. The summed E-state index contributed by atoms with van der Waals surface area (Å²) in [6.45, 7) is 6.24. The van der Waals surface area contributed by atoms with Crippen LogP contribution in [0, 0.1) is 0 Å². The van der Waals surface area contributed by atoms with Crippen LogP contribution in [0.2, 0.25) is 0 Å². The van der Waals surface area contributed by atoms with Gasteiger partial charge in [-0.1, -0.05) is 0 Å². The third kappa shape index (κ3) is 2.77. The van der Waals surface area contributed by atoms with E-state index in [1.807, 2.05) is 30.1 Å². The van der Waals surface area contributed by atoms with E-state index in [0.29, 0.717) is 0 Å². The van der Waals surface area contributed by atoms with Crippen LogP contribution >= 0.6 is 0 Å². The molecule has 0 aliphatic rings. The molecular weight excluding hydrogens is 288 g/mol. The Labute approximate surface area is 136 Å². The van der Waals surface area contributed by atoms with Gasteiger partial charge in [-0.05, 0) is 32.0 Å². The Kier molecular flexibility index (Phi) is 4.24. The van der Waals surface area contributed by atoms with Crippen molar-refractivity contribution in [1.29, 1.82) is 0 Å². The van der Waals surface area contributed by atoms with E-state index in [0.717, 1.165) is 41.1 Å². The number of pyridine rings is 1. The van der Waals surface area contributed by atoms with Crippen molar-refractivity contribution < 1.29 is 13.7 Å². The second kappa shape index (κ2) is 6.32. The van der Waals surface area contributed by atoms with E-state index < -0.39 is 0 Å². The molecule has 120 valence electrons. The second-order valence-corrected chi connectivity index (χ2v) is 5.56. The maximum atomic E-state index is 6.13. The van der Waals surface area contributed by atoms with Gasteiger partial charge in [-0.15, -0.1) is 0 Å². The van der Waals surface area contributed by atoms with Crippen LogP contribution in [-0.2, 0) is 7.05 Å². The molecule has 0 radical (unpaired) electrons. The smallest absolute Gasteiger partial charge is 0.178 e. The van der Waals surface area contributed by atoms with E-state index in [-0.39, 0.29) is 0 Å². The molecule has 0 spiro atoms. The number of fused-ring (bicyclic) bond motifs is 1. The monoisotopic (exact) mass is 311 g/mol. The molecular formula is C19H23N2O2+. The number of ether oxygens (including phenoxy) is 1. The number of aromatic nitrogens is 1. The first-order valence-electron chi connectivity index (χ1n) is 7.99. The van der Waals surface area contributed by atoms with E-state index in [9.17, 15) is 0 Å². The number of hydrogen-bond acceptors (Lipinski definition) is 3. The summed E-state index contributed by atoms with van der Waals surface area (Å²) in [7, 11) is 3.68. The van der Waals surface area contributed by atoms with Crippen molar-refractivity contribution in [2.75, 3.05) is 25.1 Å². The lowest BCUT2D eigenvalue weighted by Crippen LogP contribution is -2.25. The lowest BCUT2D eigenvalue weighted by atomic mass is 10.1. The standard InChI is InChI=1S/C19H23N2O2/c1-5-21(6-2)16-7-8-17(22-4)19-15(16)13-18(23-19)14-9-11-20(3)12-10-14/h7-13H,5-6H2,1-4H3/q+1. The summed E-state index contributed by atoms with van der Waals surface area (Å²) in [5.74, 6) is 1.63. The Morgan fingerprint density at radius 1 is 1.09 bits per heavy atom. The molecule has 0 unspecified atom stereocenters. The van der Waals surface area contributed by atoms with Gasteiger partial charge in [0.05, 0.1) is 7.11 Å². The van der Waals surface area contributed by atoms with Gasteiger partial charge in [0.15, 0.2) is 23.7 Å². The number of rotatable bonds is 5. The molecule has 3 rings (SSSR count). The topological polar surface area (TPSA) is 29.5 Å². The summed E-state index contributed by atoms with van der Waals surface area (Å²) >= 11 is 0. The third-order valence-corrected chi connectivity index (χ3v) is 4.21. The van der Waals surface area contributed by atoms with Crippen molar-refractivity contribution in [2.45, 2.75) is 13.8 Å². The molecule has 4 heteroatoms. The van der Waals surface area contributed by atoms with E-state index in [2.05, 4.69) is 43.0 Å². The fourth-order valence-electron chi connectivity index (χ4n) is 2.89. The number of methoxy groups -OCH3 is 1. The Hall–Kier alpha value is -2.49. The normalized spacial score (nSPS) is 11.0. The number of furan rings is 1. The van der Waals surface area contributed by atoms with Crippen LogP contribution in [-0.4, -0.2) is 20.2 Å². The van der Waals surface area contributed by atoms with Crippen LogP contribution in [0.1, 0.15) is 13.8 Å². The van der Waals surface area contributed by atoms with Gasteiger partial charge in [0.25, 0.3) is 0 Å². The van der Waals surface area contributed by atoms with Gasteiger partial charge in [0.2, 0.25) is 0 Å². The Morgan fingerprint density at radius 3 is 2.39 bits per heavy atom. The summed E-state index contributed by atoms with van der Waals surface area (Å²) < 4.78 is 13.6. The SMILES string of the molecule is CCN(CC)c1ccc(OC)c2oc(-c3cc[n+](C)cc3)cc12. The quantitative estimate of drug-likeness (QED) is 0.672. The van der Waals surface area contributed by atoms with Gasteiger partial charge in [0, 0.05) is 41.9 Å². The first-order chi connectivity index (χ1) is 11.2. The highest BCUT2D eigenvalue weighted by Gasteiger charge is 2.17. The summed E-state index contributed by atoms with van der Waals surface area (Å²) in [5, 5.41) is 1.09. The van der Waals surface area contributed by atoms with Gasteiger partial charge in [-0.25, -0.2) is 4.57 Å². The van der Waals surface area contributed by atoms with Crippen molar-refractivity contribution >= 4 is 16.7 Å². The van der Waals surface area contributed by atoms with Crippen LogP contribution in [0.15, 0.2) is 47.1 Å². The third-order valence-electron chi connectivity index (χ3n) is 4.21. The zero-order chi connectivity index (χ0) is 16.4. The fourth-order valence-corrected chi connectivity index (χ4v) is 2.89. The summed E-state index contributed by atoms with van der Waals surface area (Å²) in [4.78, 5) is 2.33. The van der Waals surface area contributed by atoms with E-state index in [1.54, 1.807) is 7.11 Å². The molecule has 2 heterocycles. The maximum Gasteiger partial charge on any atom is 0.178 e. The largest absolute Gasteiger partial charge is 0.493 e. The maximum absolute atomic E-state index is 6.13. The van der Waals surface area contributed by atoms with Gasteiger partial charge in [0.1, 0.15) is 12.8 Å². The Balaban J connectivity index is 2.19. The van der Waals surface area contributed by atoms with Crippen molar-refractivity contribution in [1.82, 2.24) is 0 Å². The Morgan fingerprint density at radius 2 is 1.78 bits per heavy atom. The van der Waals surface area contributed by atoms with E-state index >= 15 is 0 Å². The molecule has 0 N–H and O–H groups in total. The lowest BCUT2D eigenvalue weighted by Gasteiger charge is -2.22. The summed E-state index contributed by atoms with van der Waals surface area (Å²) in [6, 6.07) is 10.3. The fraction of sp³-hybridized carbons (Fsp3) is 0.316. The highest BCUT2D eigenvalue weighted by Crippen LogP contribution is 2.38. The van der Waals surface area contributed by atoms with Crippen LogP contribution in [0.3, 0.4) is 0 Å². The molecule has 23 heavy (non-hydrogen) atoms. The molecule has 0 saturated heterocycles. The lowest BCUT2D eigenvalue weighted by molar-refractivity contribution is -0.671. The minimum absolute atomic E-state index is 0.767. The van der Waals surface area contributed by atoms with Crippen LogP contribution in [0.25, 0.3) is 22.3 Å². The average molecular weight is 311 g/mol. The molecule has 0 amide bonds. The average Bonchev–Trinajstić information content (AvgIpc) is 3.02. The summed E-state index contributed by atoms with van der Waals surface area (Å²) in [6.07, 6.45) is 4.04. The number of hydrogen-bond donors (Lipinski definition) is 0. The van der Waals surface area contributed by atoms with Crippen molar-refractivity contribution in [2.24, 2.45) is 7.05 Å². The molecule has 0 atom stereocenters. The van der Waals surface area contributed by atoms with E-state index in [1.165, 1.54) is 5.69 Å². The van der Waals surface area contributed by atoms with Crippen LogP contribution < -0.4 is 14.2 Å². The van der Waals surface area contributed by atoms with Crippen molar-refractivity contribution in [3.05, 3.63) is 42.7 Å². The van der Waals surface area contributed by atoms with Crippen LogP contribution in [0.4, 0.5) is 5.69 Å². The predicted octanol–water partition coefficient (Wildman–Crippen LogP) is 3.78.